The van der Waals surface area contributed by atoms with Gasteiger partial charge in [0.25, 0.3) is 0 Å². The third kappa shape index (κ3) is 2.91. The molecule has 1 aromatic rings. The Bertz CT molecular complexity index is 340. The zero-order valence-electron chi connectivity index (χ0n) is 10.1. The van der Waals surface area contributed by atoms with Gasteiger partial charge in [-0.15, -0.1) is 0 Å². The van der Waals surface area contributed by atoms with Crippen LogP contribution in [0.2, 0.25) is 0 Å². The van der Waals surface area contributed by atoms with Crippen LogP contribution in [0, 0.1) is 18.8 Å². The van der Waals surface area contributed by atoms with E-state index in [1.165, 1.54) is 19.3 Å². The van der Waals surface area contributed by atoms with Crippen molar-refractivity contribution in [1.82, 2.24) is 0 Å². The predicted molar refractivity (Wildman–Crippen MR) is 64.8 cm³/mol. The van der Waals surface area contributed by atoms with Crippen LogP contribution in [0.1, 0.15) is 31.7 Å². The molecule has 0 saturated heterocycles. The molecule has 1 aromatic carbocycles. The topological polar surface area (TPSA) is 29.5 Å². The maximum Gasteiger partial charge on any atom is 0.123 e. The fourth-order valence-corrected chi connectivity index (χ4v) is 2.50. The van der Waals surface area contributed by atoms with Crippen LogP contribution in [-0.2, 0) is 0 Å². The number of aromatic hydroxyl groups is 1. The summed E-state index contributed by atoms with van der Waals surface area (Å²) in [4.78, 5) is 0. The van der Waals surface area contributed by atoms with E-state index >= 15 is 0 Å². The Morgan fingerprint density at radius 1 is 1.31 bits per heavy atom. The second kappa shape index (κ2) is 4.77. The van der Waals surface area contributed by atoms with Crippen molar-refractivity contribution in [2.45, 2.75) is 33.1 Å². The molecule has 1 aliphatic carbocycles. The molecule has 1 fully saturated rings. The summed E-state index contributed by atoms with van der Waals surface area (Å²) in [5.41, 5.74) is 1.04. The minimum absolute atomic E-state index is 0.287. The standard InChI is InChI=1S/C14H20O2/c1-10-3-4-12(5-10)9-16-14-7-11(2)6-13(15)8-14/h6-8,10,12,15H,3-5,9H2,1-2H3. The molecule has 2 rings (SSSR count). The minimum atomic E-state index is 0.287. The highest BCUT2D eigenvalue weighted by Gasteiger charge is 2.21. The van der Waals surface area contributed by atoms with Gasteiger partial charge in [0.1, 0.15) is 11.5 Å². The van der Waals surface area contributed by atoms with Gasteiger partial charge in [0.15, 0.2) is 0 Å². The van der Waals surface area contributed by atoms with Crippen molar-refractivity contribution in [2.75, 3.05) is 6.61 Å². The molecule has 88 valence electrons. The maximum absolute atomic E-state index is 9.45. The molecule has 2 unspecified atom stereocenters. The largest absolute Gasteiger partial charge is 0.508 e. The Hall–Kier alpha value is -1.18. The molecule has 0 bridgehead atoms. The van der Waals surface area contributed by atoms with Gasteiger partial charge >= 0.3 is 0 Å². The first-order valence-electron chi connectivity index (χ1n) is 6.07. The predicted octanol–water partition coefficient (Wildman–Crippen LogP) is 3.52. The first kappa shape index (κ1) is 11.3. The van der Waals surface area contributed by atoms with E-state index in [2.05, 4.69) is 6.92 Å². The highest BCUT2D eigenvalue weighted by Crippen LogP contribution is 2.31. The van der Waals surface area contributed by atoms with Crippen LogP contribution in [-0.4, -0.2) is 11.7 Å². The summed E-state index contributed by atoms with van der Waals surface area (Å²) in [5, 5.41) is 9.45. The van der Waals surface area contributed by atoms with Crippen molar-refractivity contribution in [3.8, 4) is 11.5 Å². The van der Waals surface area contributed by atoms with Crippen LogP contribution in [0.3, 0.4) is 0 Å². The van der Waals surface area contributed by atoms with Crippen molar-refractivity contribution in [2.24, 2.45) is 11.8 Å². The Morgan fingerprint density at radius 2 is 2.12 bits per heavy atom. The van der Waals surface area contributed by atoms with E-state index in [1.807, 2.05) is 13.0 Å². The number of phenols is 1. The zero-order valence-corrected chi connectivity index (χ0v) is 10.1. The molecule has 0 spiro atoms. The normalized spacial score (nSPS) is 24.6. The van der Waals surface area contributed by atoms with Crippen molar-refractivity contribution in [1.29, 1.82) is 0 Å². The molecule has 2 atom stereocenters. The second-order valence-corrected chi connectivity index (χ2v) is 5.10. The molecule has 16 heavy (non-hydrogen) atoms. The van der Waals surface area contributed by atoms with E-state index < -0.39 is 0 Å². The molecule has 0 amide bonds. The van der Waals surface area contributed by atoms with Gasteiger partial charge in [-0.05, 0) is 49.3 Å². The van der Waals surface area contributed by atoms with Gasteiger partial charge in [-0.25, -0.2) is 0 Å². The number of rotatable bonds is 3. The van der Waals surface area contributed by atoms with E-state index in [0.29, 0.717) is 5.92 Å². The summed E-state index contributed by atoms with van der Waals surface area (Å²) in [6.07, 6.45) is 3.88. The molecule has 0 aliphatic heterocycles. The monoisotopic (exact) mass is 220 g/mol. The summed E-state index contributed by atoms with van der Waals surface area (Å²) in [6.45, 7) is 5.05. The Kier molecular flexibility index (Phi) is 3.37. The number of hydrogen-bond donors (Lipinski definition) is 1. The number of ether oxygens (including phenoxy) is 1. The minimum Gasteiger partial charge on any atom is -0.508 e. The van der Waals surface area contributed by atoms with Gasteiger partial charge in [0.05, 0.1) is 6.61 Å². The van der Waals surface area contributed by atoms with Gasteiger partial charge in [-0.1, -0.05) is 13.3 Å². The van der Waals surface area contributed by atoms with Crippen LogP contribution in [0.25, 0.3) is 0 Å². The average molecular weight is 220 g/mol. The lowest BCUT2D eigenvalue weighted by molar-refractivity contribution is 0.248. The molecule has 0 aromatic heterocycles. The Balaban J connectivity index is 1.89. The summed E-state index contributed by atoms with van der Waals surface area (Å²) in [6, 6.07) is 5.40. The van der Waals surface area contributed by atoms with Crippen LogP contribution < -0.4 is 4.74 Å². The molecule has 1 aliphatic rings. The summed E-state index contributed by atoms with van der Waals surface area (Å²) < 4.78 is 5.74. The SMILES string of the molecule is Cc1cc(O)cc(OCC2CCC(C)C2)c1. The fourth-order valence-electron chi connectivity index (χ4n) is 2.50. The molecular weight excluding hydrogens is 200 g/mol. The fraction of sp³-hybridized carbons (Fsp3) is 0.571. The number of benzene rings is 1. The quantitative estimate of drug-likeness (QED) is 0.844. The highest BCUT2D eigenvalue weighted by molar-refractivity contribution is 5.36. The summed E-state index contributed by atoms with van der Waals surface area (Å²) in [5.74, 6) is 2.61. The summed E-state index contributed by atoms with van der Waals surface area (Å²) >= 11 is 0. The molecule has 0 heterocycles. The van der Waals surface area contributed by atoms with E-state index in [0.717, 1.165) is 23.8 Å². The van der Waals surface area contributed by atoms with Gasteiger partial charge < -0.3 is 9.84 Å². The highest BCUT2D eigenvalue weighted by atomic mass is 16.5. The third-order valence-corrected chi connectivity index (χ3v) is 3.32. The van der Waals surface area contributed by atoms with Gasteiger partial charge in [0, 0.05) is 6.07 Å². The van der Waals surface area contributed by atoms with E-state index in [-0.39, 0.29) is 5.75 Å². The number of phenolic OH excluding ortho intramolecular Hbond substituents is 1. The van der Waals surface area contributed by atoms with Crippen LogP contribution >= 0.6 is 0 Å². The van der Waals surface area contributed by atoms with Crippen molar-refractivity contribution in [3.63, 3.8) is 0 Å². The Morgan fingerprint density at radius 3 is 2.75 bits per heavy atom. The lowest BCUT2D eigenvalue weighted by Crippen LogP contribution is -2.08. The lowest BCUT2D eigenvalue weighted by Gasteiger charge is -2.12. The van der Waals surface area contributed by atoms with Gasteiger partial charge in [0.2, 0.25) is 0 Å². The first-order valence-corrected chi connectivity index (χ1v) is 6.07. The van der Waals surface area contributed by atoms with E-state index in [9.17, 15) is 5.11 Å². The molecular formula is C14H20O2. The molecule has 0 radical (unpaired) electrons. The van der Waals surface area contributed by atoms with Crippen LogP contribution in [0.4, 0.5) is 0 Å². The average Bonchev–Trinajstić information content (AvgIpc) is 2.60. The zero-order chi connectivity index (χ0) is 11.5. The number of hydrogen-bond acceptors (Lipinski definition) is 2. The van der Waals surface area contributed by atoms with Crippen LogP contribution in [0.15, 0.2) is 18.2 Å². The van der Waals surface area contributed by atoms with E-state index in [1.54, 1.807) is 12.1 Å². The second-order valence-electron chi connectivity index (χ2n) is 5.10. The molecule has 1 N–H and O–H groups in total. The maximum atomic E-state index is 9.45. The smallest absolute Gasteiger partial charge is 0.123 e. The molecule has 2 heteroatoms. The van der Waals surface area contributed by atoms with Crippen molar-refractivity contribution < 1.29 is 9.84 Å². The van der Waals surface area contributed by atoms with Crippen molar-refractivity contribution >= 4 is 0 Å². The Labute approximate surface area is 97.3 Å². The van der Waals surface area contributed by atoms with Gasteiger partial charge in [-0.2, -0.15) is 0 Å². The lowest BCUT2D eigenvalue weighted by atomic mass is 10.1. The third-order valence-electron chi connectivity index (χ3n) is 3.32. The molecule has 2 nitrogen and oxygen atoms in total. The van der Waals surface area contributed by atoms with E-state index in [4.69, 9.17) is 4.74 Å². The summed E-state index contributed by atoms with van der Waals surface area (Å²) in [7, 11) is 0. The van der Waals surface area contributed by atoms with Crippen LogP contribution in [0.5, 0.6) is 11.5 Å². The molecule has 1 saturated carbocycles. The number of aryl methyl sites for hydroxylation is 1. The first-order chi connectivity index (χ1) is 7.63. The van der Waals surface area contributed by atoms with Crippen molar-refractivity contribution in [3.05, 3.63) is 23.8 Å². The van der Waals surface area contributed by atoms with Gasteiger partial charge in [-0.3, -0.25) is 0 Å².